The zero-order chi connectivity index (χ0) is 18.6. The molecule has 0 spiro atoms. The van der Waals surface area contributed by atoms with E-state index in [4.69, 9.17) is 21.1 Å². The molecule has 0 atom stereocenters. The van der Waals surface area contributed by atoms with Gasteiger partial charge in [0, 0.05) is 19.2 Å². The number of imidazole rings is 1. The Bertz CT molecular complexity index is 1010. The van der Waals surface area contributed by atoms with Crippen LogP contribution in [0.15, 0.2) is 48.8 Å². The zero-order valence-corrected chi connectivity index (χ0v) is 15.3. The van der Waals surface area contributed by atoms with E-state index < -0.39 is 0 Å². The summed E-state index contributed by atoms with van der Waals surface area (Å²) in [4.78, 5) is 16.4. The van der Waals surface area contributed by atoms with E-state index in [-0.39, 0.29) is 12.7 Å². The first-order chi connectivity index (χ1) is 13.2. The highest BCUT2D eigenvalue weighted by Gasteiger charge is 2.17. The van der Waals surface area contributed by atoms with Gasteiger partial charge < -0.3 is 19.4 Å². The molecule has 27 heavy (non-hydrogen) atoms. The third-order valence-electron chi connectivity index (χ3n) is 4.28. The summed E-state index contributed by atoms with van der Waals surface area (Å²) in [6.45, 7) is 1.54. The first-order valence-corrected chi connectivity index (χ1v) is 9.03. The molecule has 0 saturated heterocycles. The summed E-state index contributed by atoms with van der Waals surface area (Å²) in [6.07, 6.45) is 5.83. The van der Waals surface area contributed by atoms with E-state index in [9.17, 15) is 4.79 Å². The van der Waals surface area contributed by atoms with Crippen molar-refractivity contribution < 1.29 is 14.3 Å². The average molecular weight is 384 g/mol. The number of aromatic nitrogens is 2. The van der Waals surface area contributed by atoms with Crippen LogP contribution in [0.4, 0.5) is 0 Å². The molecule has 4 rings (SSSR count). The highest BCUT2D eigenvalue weighted by Crippen LogP contribution is 2.40. The molecule has 2 heterocycles. The van der Waals surface area contributed by atoms with Crippen molar-refractivity contribution in [2.24, 2.45) is 0 Å². The lowest BCUT2D eigenvalue weighted by atomic mass is 10.2. The van der Waals surface area contributed by atoms with Crippen molar-refractivity contribution in [3.63, 3.8) is 0 Å². The molecule has 1 aliphatic heterocycles. The summed E-state index contributed by atoms with van der Waals surface area (Å²) in [5.74, 6) is 0.986. The quantitative estimate of drug-likeness (QED) is 0.521. The fourth-order valence-electron chi connectivity index (χ4n) is 2.96. The van der Waals surface area contributed by atoms with Gasteiger partial charge in [-0.05, 0) is 42.3 Å². The molecule has 3 aromatic rings. The summed E-state index contributed by atoms with van der Waals surface area (Å²) in [5, 5.41) is 3.35. The summed E-state index contributed by atoms with van der Waals surface area (Å²) < 4.78 is 12.7. The minimum absolute atomic E-state index is 0.153. The van der Waals surface area contributed by atoms with E-state index in [1.807, 2.05) is 30.6 Å². The number of hydrogen-bond acceptors (Lipinski definition) is 4. The predicted molar refractivity (Wildman–Crippen MR) is 104 cm³/mol. The van der Waals surface area contributed by atoms with Gasteiger partial charge in [-0.1, -0.05) is 23.7 Å². The topological polar surface area (TPSA) is 65.4 Å². The second-order valence-corrected chi connectivity index (χ2v) is 6.55. The first kappa shape index (κ1) is 17.4. The van der Waals surface area contributed by atoms with Gasteiger partial charge in [-0.3, -0.25) is 4.79 Å². The van der Waals surface area contributed by atoms with Crippen molar-refractivity contribution in [3.8, 4) is 11.5 Å². The zero-order valence-electron chi connectivity index (χ0n) is 14.5. The van der Waals surface area contributed by atoms with Crippen LogP contribution in [0.25, 0.3) is 17.1 Å². The number of carbonyl (C=O) groups excluding carboxylic acids is 1. The van der Waals surface area contributed by atoms with Crippen molar-refractivity contribution in [2.75, 3.05) is 13.3 Å². The maximum absolute atomic E-state index is 12.0. The number of benzene rings is 2. The van der Waals surface area contributed by atoms with E-state index in [0.29, 0.717) is 23.1 Å². The molecular weight excluding hydrogens is 366 g/mol. The number of para-hydroxylation sites is 2. The Morgan fingerprint density at radius 3 is 3.11 bits per heavy atom. The van der Waals surface area contributed by atoms with Gasteiger partial charge in [-0.2, -0.15) is 0 Å². The van der Waals surface area contributed by atoms with Crippen LogP contribution in [-0.4, -0.2) is 28.8 Å². The number of rotatable bonds is 6. The van der Waals surface area contributed by atoms with E-state index in [2.05, 4.69) is 14.9 Å². The summed E-state index contributed by atoms with van der Waals surface area (Å²) >= 11 is 6.14. The molecule has 0 saturated carbocycles. The summed E-state index contributed by atoms with van der Waals surface area (Å²) in [7, 11) is 0. The maximum Gasteiger partial charge on any atom is 0.244 e. The number of nitrogens with one attached hydrogen (secondary N) is 1. The lowest BCUT2D eigenvalue weighted by Gasteiger charge is -2.05. The van der Waals surface area contributed by atoms with Crippen LogP contribution < -0.4 is 14.8 Å². The molecular formula is C20H18ClN3O3. The van der Waals surface area contributed by atoms with E-state index >= 15 is 0 Å². The first-order valence-electron chi connectivity index (χ1n) is 8.65. The molecule has 138 valence electrons. The van der Waals surface area contributed by atoms with Gasteiger partial charge in [-0.15, -0.1) is 0 Å². The Morgan fingerprint density at radius 2 is 2.19 bits per heavy atom. The van der Waals surface area contributed by atoms with Crippen LogP contribution in [0, 0.1) is 0 Å². The standard InChI is InChI=1S/C20H18ClN3O3/c21-15-10-14(11-18-20(15)27-13-26-18)6-7-19(25)22-8-3-9-24-12-23-16-4-1-2-5-17(16)24/h1-2,4-7,10-12H,3,8-9,13H2,(H,22,25)/b7-6+. The number of hydrogen-bond donors (Lipinski definition) is 1. The monoisotopic (exact) mass is 383 g/mol. The Morgan fingerprint density at radius 1 is 1.30 bits per heavy atom. The van der Waals surface area contributed by atoms with Crippen LogP contribution in [0.3, 0.4) is 0 Å². The van der Waals surface area contributed by atoms with Crippen molar-refractivity contribution in [1.29, 1.82) is 0 Å². The molecule has 1 aromatic heterocycles. The number of amides is 1. The van der Waals surface area contributed by atoms with Crippen molar-refractivity contribution in [1.82, 2.24) is 14.9 Å². The van der Waals surface area contributed by atoms with Crippen molar-refractivity contribution >= 4 is 34.6 Å². The van der Waals surface area contributed by atoms with E-state index in [1.54, 1.807) is 18.2 Å². The number of aryl methyl sites for hydroxylation is 1. The van der Waals surface area contributed by atoms with E-state index in [1.165, 1.54) is 6.08 Å². The molecule has 1 N–H and O–H groups in total. The Balaban J connectivity index is 1.27. The molecule has 1 aliphatic rings. The average Bonchev–Trinajstić information content (AvgIpc) is 3.31. The number of nitrogens with zero attached hydrogens (tertiary/aromatic N) is 2. The van der Waals surface area contributed by atoms with Gasteiger partial charge >= 0.3 is 0 Å². The van der Waals surface area contributed by atoms with Gasteiger partial charge in [0.25, 0.3) is 0 Å². The van der Waals surface area contributed by atoms with Gasteiger partial charge in [0.15, 0.2) is 11.5 Å². The van der Waals surface area contributed by atoms with Crippen LogP contribution in [0.1, 0.15) is 12.0 Å². The smallest absolute Gasteiger partial charge is 0.244 e. The second kappa shape index (κ2) is 7.72. The highest BCUT2D eigenvalue weighted by atomic mass is 35.5. The highest BCUT2D eigenvalue weighted by molar-refractivity contribution is 6.32. The molecule has 1 amide bonds. The SMILES string of the molecule is O=C(/C=C/c1cc(Cl)c2c(c1)OCO2)NCCCn1cnc2ccccc21. The molecule has 0 unspecified atom stereocenters. The molecule has 0 bridgehead atoms. The molecule has 0 aliphatic carbocycles. The predicted octanol–water partition coefficient (Wildman–Crippen LogP) is 3.64. The van der Waals surface area contributed by atoms with Crippen molar-refractivity contribution in [3.05, 3.63) is 59.4 Å². The minimum Gasteiger partial charge on any atom is -0.454 e. The third-order valence-corrected chi connectivity index (χ3v) is 4.56. The summed E-state index contributed by atoms with van der Waals surface area (Å²) in [6, 6.07) is 11.5. The fraction of sp³-hybridized carbons (Fsp3) is 0.200. The normalized spacial score (nSPS) is 12.8. The molecule has 0 radical (unpaired) electrons. The van der Waals surface area contributed by atoms with Crippen LogP contribution in [0.5, 0.6) is 11.5 Å². The van der Waals surface area contributed by atoms with Gasteiger partial charge in [0.2, 0.25) is 12.7 Å². The fourth-order valence-corrected chi connectivity index (χ4v) is 3.24. The lowest BCUT2D eigenvalue weighted by molar-refractivity contribution is -0.116. The molecule has 0 fully saturated rings. The number of ether oxygens (including phenoxy) is 2. The Kier molecular flexibility index (Phi) is 4.98. The van der Waals surface area contributed by atoms with Gasteiger partial charge in [-0.25, -0.2) is 4.98 Å². The summed E-state index contributed by atoms with van der Waals surface area (Å²) in [5.41, 5.74) is 2.86. The Hall–Kier alpha value is -2.99. The number of carbonyl (C=O) groups is 1. The van der Waals surface area contributed by atoms with Crippen LogP contribution >= 0.6 is 11.6 Å². The molecule has 7 heteroatoms. The van der Waals surface area contributed by atoms with Crippen molar-refractivity contribution in [2.45, 2.75) is 13.0 Å². The molecule has 2 aromatic carbocycles. The second-order valence-electron chi connectivity index (χ2n) is 6.14. The number of fused-ring (bicyclic) bond motifs is 2. The third kappa shape index (κ3) is 3.90. The van der Waals surface area contributed by atoms with Crippen LogP contribution in [-0.2, 0) is 11.3 Å². The van der Waals surface area contributed by atoms with Gasteiger partial charge in [0.05, 0.1) is 22.4 Å². The maximum atomic E-state index is 12.0. The van der Waals surface area contributed by atoms with Crippen LogP contribution in [0.2, 0.25) is 5.02 Å². The number of halogens is 1. The van der Waals surface area contributed by atoms with Gasteiger partial charge in [0.1, 0.15) is 0 Å². The molecule has 6 nitrogen and oxygen atoms in total. The minimum atomic E-state index is -0.153. The lowest BCUT2D eigenvalue weighted by Crippen LogP contribution is -2.23. The van der Waals surface area contributed by atoms with E-state index in [0.717, 1.165) is 29.6 Å². The Labute approximate surface area is 161 Å². The largest absolute Gasteiger partial charge is 0.454 e.